The molecule has 1 amide bonds. The first kappa shape index (κ1) is 20.6. The van der Waals surface area contributed by atoms with E-state index in [4.69, 9.17) is 9.47 Å². The summed E-state index contributed by atoms with van der Waals surface area (Å²) in [5.74, 6) is 1.09. The van der Waals surface area contributed by atoms with Crippen LogP contribution in [-0.2, 0) is 11.3 Å². The molecule has 0 atom stereocenters. The largest absolute Gasteiger partial charge is 0.480 e. The zero-order chi connectivity index (χ0) is 21.3. The molecule has 0 N–H and O–H groups in total. The molecule has 0 radical (unpaired) electrons. The van der Waals surface area contributed by atoms with Crippen LogP contribution in [0.5, 0.6) is 5.88 Å². The Kier molecular flexibility index (Phi) is 5.87. The normalized spacial score (nSPS) is 14.4. The van der Waals surface area contributed by atoms with E-state index in [1.54, 1.807) is 14.2 Å². The summed E-state index contributed by atoms with van der Waals surface area (Å²) >= 11 is 1.40. The van der Waals surface area contributed by atoms with Crippen molar-refractivity contribution in [2.75, 3.05) is 45.3 Å². The summed E-state index contributed by atoms with van der Waals surface area (Å²) in [4.78, 5) is 28.0. The van der Waals surface area contributed by atoms with Crippen molar-refractivity contribution in [3.8, 4) is 5.88 Å². The average Bonchev–Trinajstić information content (AvgIpc) is 3.09. The highest BCUT2D eigenvalue weighted by atomic mass is 32.1. The summed E-state index contributed by atoms with van der Waals surface area (Å²) in [5, 5.41) is 0.809. The van der Waals surface area contributed by atoms with Crippen LogP contribution >= 0.6 is 11.3 Å². The zero-order valence-corrected chi connectivity index (χ0v) is 18.6. The van der Waals surface area contributed by atoms with Gasteiger partial charge in [-0.3, -0.25) is 4.79 Å². The highest BCUT2D eigenvalue weighted by Gasteiger charge is 2.27. The molecule has 3 aromatic rings. The van der Waals surface area contributed by atoms with E-state index in [-0.39, 0.29) is 5.91 Å². The molecule has 1 aromatic carbocycles. The molecule has 2 aromatic heterocycles. The number of aromatic nitrogens is 2. The molecule has 7 nitrogen and oxygen atoms in total. The van der Waals surface area contributed by atoms with Gasteiger partial charge < -0.3 is 19.3 Å². The fourth-order valence-electron chi connectivity index (χ4n) is 3.83. The van der Waals surface area contributed by atoms with Crippen LogP contribution in [0.2, 0.25) is 0 Å². The van der Waals surface area contributed by atoms with Crippen molar-refractivity contribution in [2.24, 2.45) is 0 Å². The van der Waals surface area contributed by atoms with Crippen LogP contribution in [0.3, 0.4) is 0 Å². The number of hydrogen-bond donors (Lipinski definition) is 0. The average molecular weight is 427 g/mol. The minimum atomic E-state index is 0.0507. The Morgan fingerprint density at radius 1 is 1.13 bits per heavy atom. The van der Waals surface area contributed by atoms with Gasteiger partial charge in [0.2, 0.25) is 5.88 Å². The number of fused-ring (bicyclic) bond motifs is 1. The number of hydrogen-bond acceptors (Lipinski definition) is 7. The quantitative estimate of drug-likeness (QED) is 0.623. The number of aryl methyl sites for hydroxylation is 2. The van der Waals surface area contributed by atoms with Gasteiger partial charge in [-0.25, -0.2) is 4.98 Å². The number of piperazine rings is 1. The Labute approximate surface area is 180 Å². The van der Waals surface area contributed by atoms with Gasteiger partial charge in [0.1, 0.15) is 11.4 Å². The van der Waals surface area contributed by atoms with Crippen molar-refractivity contribution in [3.63, 3.8) is 0 Å². The van der Waals surface area contributed by atoms with Crippen LogP contribution in [0, 0.1) is 13.8 Å². The van der Waals surface area contributed by atoms with E-state index >= 15 is 0 Å². The number of thiophene rings is 1. The van der Waals surface area contributed by atoms with Crippen LogP contribution in [0.25, 0.3) is 10.2 Å². The molecule has 1 aliphatic rings. The second-order valence-electron chi connectivity index (χ2n) is 7.44. The molecule has 0 unspecified atom stereocenters. The number of anilines is 1. The molecule has 8 heteroatoms. The number of carbonyl (C=O) groups is 1. The molecule has 30 heavy (non-hydrogen) atoms. The highest BCUT2D eigenvalue weighted by molar-refractivity contribution is 7.20. The second-order valence-corrected chi connectivity index (χ2v) is 8.44. The maximum atomic E-state index is 13.3. The molecular formula is C22H26N4O3S. The topological polar surface area (TPSA) is 67.8 Å². The predicted molar refractivity (Wildman–Crippen MR) is 119 cm³/mol. The third-order valence-corrected chi connectivity index (χ3v) is 6.57. The zero-order valence-electron chi connectivity index (χ0n) is 17.8. The Bertz CT molecular complexity index is 1070. The second kappa shape index (κ2) is 8.57. The van der Waals surface area contributed by atoms with Crippen molar-refractivity contribution in [2.45, 2.75) is 20.5 Å². The number of carbonyl (C=O) groups excluding carboxylic acids is 1. The summed E-state index contributed by atoms with van der Waals surface area (Å²) in [7, 11) is 3.19. The Morgan fingerprint density at radius 3 is 2.57 bits per heavy atom. The first-order valence-corrected chi connectivity index (χ1v) is 10.8. The van der Waals surface area contributed by atoms with E-state index in [0.29, 0.717) is 36.3 Å². The molecule has 4 rings (SSSR count). The van der Waals surface area contributed by atoms with Crippen LogP contribution in [0.1, 0.15) is 26.6 Å². The number of ether oxygens (including phenoxy) is 2. The minimum absolute atomic E-state index is 0.0507. The van der Waals surface area contributed by atoms with Gasteiger partial charge >= 0.3 is 0 Å². The first-order valence-electron chi connectivity index (χ1n) is 9.95. The summed E-state index contributed by atoms with van der Waals surface area (Å²) < 4.78 is 10.6. The molecule has 3 heterocycles. The maximum absolute atomic E-state index is 13.3. The summed E-state index contributed by atoms with van der Waals surface area (Å²) in [6, 6.07) is 8.50. The van der Waals surface area contributed by atoms with Crippen LogP contribution < -0.4 is 9.64 Å². The lowest BCUT2D eigenvalue weighted by molar-refractivity contribution is 0.0751. The van der Waals surface area contributed by atoms with Gasteiger partial charge in [0, 0.05) is 39.0 Å². The van der Waals surface area contributed by atoms with Gasteiger partial charge in [0.05, 0.1) is 17.4 Å². The number of benzene rings is 1. The number of amides is 1. The predicted octanol–water partition coefficient (Wildman–Crippen LogP) is 3.43. The van der Waals surface area contributed by atoms with E-state index in [2.05, 4.69) is 46.1 Å². The summed E-state index contributed by atoms with van der Waals surface area (Å²) in [5.41, 5.74) is 3.34. The Hall–Kier alpha value is -2.71. The minimum Gasteiger partial charge on any atom is -0.480 e. The lowest BCUT2D eigenvalue weighted by atomic mass is 10.1. The molecule has 0 saturated carbocycles. The van der Waals surface area contributed by atoms with Gasteiger partial charge in [-0.15, -0.1) is 11.3 Å². The van der Waals surface area contributed by atoms with Crippen molar-refractivity contribution in [1.82, 2.24) is 14.9 Å². The molecule has 158 valence electrons. The first-order chi connectivity index (χ1) is 14.5. The molecule has 0 bridgehead atoms. The Balaban J connectivity index is 1.56. The van der Waals surface area contributed by atoms with E-state index in [0.717, 1.165) is 28.9 Å². The number of rotatable bonds is 5. The molecule has 1 saturated heterocycles. The monoisotopic (exact) mass is 426 g/mol. The molecule has 0 aliphatic carbocycles. The van der Waals surface area contributed by atoms with E-state index in [9.17, 15) is 4.79 Å². The smallest absolute Gasteiger partial charge is 0.264 e. The van der Waals surface area contributed by atoms with Crippen molar-refractivity contribution < 1.29 is 14.3 Å². The van der Waals surface area contributed by atoms with Gasteiger partial charge in [-0.05, 0) is 37.1 Å². The third kappa shape index (κ3) is 3.85. The van der Waals surface area contributed by atoms with Crippen LogP contribution in [-0.4, -0.2) is 61.2 Å². The van der Waals surface area contributed by atoms with Crippen molar-refractivity contribution in [1.29, 1.82) is 0 Å². The summed E-state index contributed by atoms with van der Waals surface area (Å²) in [6.07, 6.45) is 0. The standard InChI is InChI=1S/C22H26N4O3S/c1-14-6-5-7-16(12-14)25-8-10-26(11-9-25)22(27)19-15(2)18-20(29-4)23-17(13-28-3)24-21(18)30-19/h5-7,12H,8-11,13H2,1-4H3. The summed E-state index contributed by atoms with van der Waals surface area (Å²) in [6.45, 7) is 7.37. The SMILES string of the molecule is COCc1nc(OC)c2c(C)c(C(=O)N3CCN(c4cccc(C)c4)CC3)sc2n1. The maximum Gasteiger partial charge on any atom is 0.264 e. The van der Waals surface area contributed by atoms with Gasteiger partial charge in [-0.2, -0.15) is 4.98 Å². The fraction of sp³-hybridized carbons (Fsp3) is 0.409. The van der Waals surface area contributed by atoms with Crippen LogP contribution in [0.4, 0.5) is 5.69 Å². The lowest BCUT2D eigenvalue weighted by Crippen LogP contribution is -2.48. The third-order valence-electron chi connectivity index (χ3n) is 5.40. The van der Waals surface area contributed by atoms with E-state index in [1.807, 2.05) is 11.8 Å². The number of methoxy groups -OCH3 is 2. The molecule has 1 fully saturated rings. The highest BCUT2D eigenvalue weighted by Crippen LogP contribution is 2.36. The molecule has 0 spiro atoms. The van der Waals surface area contributed by atoms with E-state index < -0.39 is 0 Å². The van der Waals surface area contributed by atoms with E-state index in [1.165, 1.54) is 22.6 Å². The van der Waals surface area contributed by atoms with Crippen molar-refractivity contribution >= 4 is 33.1 Å². The van der Waals surface area contributed by atoms with Crippen LogP contribution in [0.15, 0.2) is 24.3 Å². The van der Waals surface area contributed by atoms with Gasteiger partial charge in [0.25, 0.3) is 5.91 Å². The van der Waals surface area contributed by atoms with Crippen molar-refractivity contribution in [3.05, 3.63) is 46.1 Å². The lowest BCUT2D eigenvalue weighted by Gasteiger charge is -2.36. The fourth-order valence-corrected chi connectivity index (χ4v) is 4.98. The molecule has 1 aliphatic heterocycles. The van der Waals surface area contributed by atoms with Gasteiger partial charge in [0.15, 0.2) is 5.82 Å². The number of nitrogens with zero attached hydrogens (tertiary/aromatic N) is 4. The van der Waals surface area contributed by atoms with Gasteiger partial charge in [-0.1, -0.05) is 12.1 Å². The Morgan fingerprint density at radius 2 is 1.90 bits per heavy atom. The molecular weight excluding hydrogens is 400 g/mol.